The lowest BCUT2D eigenvalue weighted by atomic mass is 10.0. The fourth-order valence-corrected chi connectivity index (χ4v) is 3.05. The van der Waals surface area contributed by atoms with E-state index in [0.717, 1.165) is 16.8 Å². The Bertz CT molecular complexity index is 933. The predicted molar refractivity (Wildman–Crippen MR) is 101 cm³/mol. The van der Waals surface area contributed by atoms with Crippen molar-refractivity contribution >= 4 is 28.4 Å². The number of nitro benzene ring substituents is 1. The average Bonchev–Trinajstić information content (AvgIpc) is 3.04. The molecule has 0 saturated heterocycles. The molecule has 0 aliphatic heterocycles. The highest BCUT2D eigenvalue weighted by Crippen LogP contribution is 2.27. The van der Waals surface area contributed by atoms with Gasteiger partial charge in [0.25, 0.3) is 5.69 Å². The first-order chi connectivity index (χ1) is 12.0. The van der Waals surface area contributed by atoms with Gasteiger partial charge in [-0.2, -0.15) is 5.10 Å². The lowest BCUT2D eigenvalue weighted by Gasteiger charge is -2.03. The van der Waals surface area contributed by atoms with Crippen LogP contribution >= 0.6 is 11.3 Å². The van der Waals surface area contributed by atoms with Gasteiger partial charge in [0.2, 0.25) is 5.13 Å². The highest BCUT2D eigenvalue weighted by molar-refractivity contribution is 7.14. The van der Waals surface area contributed by atoms with Crippen LogP contribution in [-0.2, 0) is 0 Å². The van der Waals surface area contributed by atoms with E-state index in [-0.39, 0.29) is 5.69 Å². The molecule has 0 bridgehead atoms. The molecule has 1 N–H and O–H groups in total. The minimum Gasteiger partial charge on any atom is -0.258 e. The van der Waals surface area contributed by atoms with Crippen LogP contribution in [-0.4, -0.2) is 16.1 Å². The maximum atomic E-state index is 10.6. The zero-order valence-corrected chi connectivity index (χ0v) is 14.6. The number of nitro groups is 1. The third-order valence-electron chi connectivity index (χ3n) is 3.64. The van der Waals surface area contributed by atoms with Crippen molar-refractivity contribution in [1.29, 1.82) is 0 Å². The first kappa shape index (κ1) is 16.8. The lowest BCUT2D eigenvalue weighted by Crippen LogP contribution is -1.92. The highest BCUT2D eigenvalue weighted by Gasteiger charge is 2.07. The Morgan fingerprint density at radius 3 is 2.64 bits per heavy atom. The van der Waals surface area contributed by atoms with Gasteiger partial charge in [0, 0.05) is 23.1 Å². The number of thiazole rings is 1. The molecule has 0 saturated carbocycles. The van der Waals surface area contributed by atoms with E-state index in [4.69, 9.17) is 0 Å². The van der Waals surface area contributed by atoms with Crippen molar-refractivity contribution in [3.63, 3.8) is 0 Å². The smallest absolute Gasteiger partial charge is 0.258 e. The molecule has 3 rings (SSSR count). The first-order valence-corrected chi connectivity index (χ1v) is 8.47. The monoisotopic (exact) mass is 352 g/mol. The van der Waals surface area contributed by atoms with Crippen LogP contribution in [0.15, 0.2) is 52.9 Å². The van der Waals surface area contributed by atoms with Crippen molar-refractivity contribution in [2.45, 2.75) is 13.8 Å². The Hall–Kier alpha value is -3.06. The third-order valence-corrected chi connectivity index (χ3v) is 4.39. The van der Waals surface area contributed by atoms with Crippen molar-refractivity contribution in [2.24, 2.45) is 5.10 Å². The van der Waals surface area contributed by atoms with Gasteiger partial charge >= 0.3 is 0 Å². The number of hydrogen-bond donors (Lipinski definition) is 1. The van der Waals surface area contributed by atoms with E-state index >= 15 is 0 Å². The van der Waals surface area contributed by atoms with E-state index in [2.05, 4.69) is 47.6 Å². The second-order valence-corrected chi connectivity index (χ2v) is 6.43. The number of hydrogen-bond acceptors (Lipinski definition) is 6. The quantitative estimate of drug-likeness (QED) is 0.407. The molecule has 0 spiro atoms. The van der Waals surface area contributed by atoms with Crippen molar-refractivity contribution in [2.75, 3.05) is 5.43 Å². The number of anilines is 1. The van der Waals surface area contributed by atoms with E-state index < -0.39 is 4.92 Å². The summed E-state index contributed by atoms with van der Waals surface area (Å²) in [6.45, 7) is 4.14. The number of non-ortho nitro benzene ring substituents is 1. The molecule has 7 heteroatoms. The minimum absolute atomic E-state index is 0.0585. The van der Waals surface area contributed by atoms with E-state index in [1.807, 2.05) is 5.38 Å². The molecule has 0 aliphatic carbocycles. The van der Waals surface area contributed by atoms with Gasteiger partial charge < -0.3 is 0 Å². The second kappa shape index (κ2) is 7.23. The van der Waals surface area contributed by atoms with Crippen LogP contribution in [0.1, 0.15) is 16.7 Å². The Kier molecular flexibility index (Phi) is 4.85. The van der Waals surface area contributed by atoms with E-state index in [0.29, 0.717) is 5.13 Å². The fraction of sp³-hybridized carbons (Fsp3) is 0.111. The summed E-state index contributed by atoms with van der Waals surface area (Å²) in [5, 5.41) is 17.4. The van der Waals surface area contributed by atoms with Crippen molar-refractivity contribution in [3.8, 4) is 11.3 Å². The molecule has 1 heterocycles. The SMILES string of the molecule is Cc1ccc(-c2csc(NN=Cc3ccc([N+](=O)[O-])cc3)n2)c(C)c1. The number of rotatable bonds is 5. The van der Waals surface area contributed by atoms with Crippen LogP contribution in [0, 0.1) is 24.0 Å². The normalized spacial score (nSPS) is 11.0. The van der Waals surface area contributed by atoms with Crippen molar-refractivity contribution in [1.82, 2.24) is 4.98 Å². The van der Waals surface area contributed by atoms with E-state index in [9.17, 15) is 10.1 Å². The summed E-state index contributed by atoms with van der Waals surface area (Å²) in [5.74, 6) is 0. The topological polar surface area (TPSA) is 80.4 Å². The van der Waals surface area contributed by atoms with Gasteiger partial charge in [0.1, 0.15) is 0 Å². The summed E-state index contributed by atoms with van der Waals surface area (Å²) in [4.78, 5) is 14.7. The molecule has 0 fully saturated rings. The zero-order chi connectivity index (χ0) is 17.8. The van der Waals surface area contributed by atoms with Gasteiger partial charge in [0.05, 0.1) is 16.8 Å². The highest BCUT2D eigenvalue weighted by atomic mass is 32.1. The molecule has 3 aromatic rings. The third kappa shape index (κ3) is 4.07. The van der Waals surface area contributed by atoms with Gasteiger partial charge in [-0.15, -0.1) is 11.3 Å². The number of nitrogens with zero attached hydrogens (tertiary/aromatic N) is 3. The van der Waals surface area contributed by atoms with E-state index in [1.165, 1.54) is 34.6 Å². The maximum Gasteiger partial charge on any atom is 0.269 e. The first-order valence-electron chi connectivity index (χ1n) is 7.59. The standard InChI is InChI=1S/C18H16N4O2S/c1-12-3-8-16(13(2)9-12)17-11-25-18(20-17)21-19-10-14-4-6-15(7-5-14)22(23)24/h3-11H,1-2H3,(H,20,21). The molecule has 1 aromatic heterocycles. The van der Waals surface area contributed by atoms with Gasteiger partial charge in [-0.1, -0.05) is 23.8 Å². The Balaban J connectivity index is 1.68. The van der Waals surface area contributed by atoms with Crippen LogP contribution in [0.4, 0.5) is 10.8 Å². The molecule has 0 unspecified atom stereocenters. The summed E-state index contributed by atoms with van der Waals surface area (Å²) in [7, 11) is 0. The zero-order valence-electron chi connectivity index (χ0n) is 13.8. The number of benzene rings is 2. The summed E-state index contributed by atoms with van der Waals surface area (Å²) < 4.78 is 0. The van der Waals surface area contributed by atoms with E-state index in [1.54, 1.807) is 18.3 Å². The van der Waals surface area contributed by atoms with Crippen molar-refractivity contribution < 1.29 is 4.92 Å². The molecule has 6 nitrogen and oxygen atoms in total. The summed E-state index contributed by atoms with van der Waals surface area (Å²) >= 11 is 1.47. The molecule has 0 aliphatic rings. The molecular formula is C18H16N4O2S. The van der Waals surface area contributed by atoms with Gasteiger partial charge in [-0.05, 0) is 37.1 Å². The van der Waals surface area contributed by atoms with Crippen LogP contribution in [0.25, 0.3) is 11.3 Å². The molecule has 0 atom stereocenters. The maximum absolute atomic E-state index is 10.6. The van der Waals surface area contributed by atoms with Crippen molar-refractivity contribution in [3.05, 3.63) is 74.6 Å². The van der Waals surface area contributed by atoms with Gasteiger partial charge in [0.15, 0.2) is 0 Å². The Morgan fingerprint density at radius 2 is 1.96 bits per heavy atom. The largest absolute Gasteiger partial charge is 0.269 e. The van der Waals surface area contributed by atoms with Gasteiger partial charge in [-0.3, -0.25) is 15.5 Å². The van der Waals surface area contributed by atoms with Crippen LogP contribution in [0.2, 0.25) is 0 Å². The van der Waals surface area contributed by atoms with Crippen LogP contribution in [0.5, 0.6) is 0 Å². The fourth-order valence-electron chi connectivity index (χ4n) is 2.39. The summed E-state index contributed by atoms with van der Waals surface area (Å²) in [5.41, 5.74) is 8.15. The number of hydrazone groups is 1. The van der Waals surface area contributed by atoms with Crippen LogP contribution in [0.3, 0.4) is 0 Å². The summed E-state index contributed by atoms with van der Waals surface area (Å²) in [6, 6.07) is 12.5. The van der Waals surface area contributed by atoms with Gasteiger partial charge in [-0.25, -0.2) is 4.98 Å². The predicted octanol–water partition coefficient (Wildman–Crippen LogP) is 4.78. The molecular weight excluding hydrogens is 336 g/mol. The average molecular weight is 352 g/mol. The number of nitrogens with one attached hydrogen (secondary N) is 1. The Morgan fingerprint density at radius 1 is 1.20 bits per heavy atom. The molecule has 126 valence electrons. The molecule has 2 aromatic carbocycles. The number of aryl methyl sites for hydroxylation is 2. The number of aromatic nitrogens is 1. The molecule has 25 heavy (non-hydrogen) atoms. The summed E-state index contributed by atoms with van der Waals surface area (Å²) in [6.07, 6.45) is 1.60. The molecule has 0 amide bonds. The lowest BCUT2D eigenvalue weighted by molar-refractivity contribution is -0.384. The Labute approximate surface area is 149 Å². The minimum atomic E-state index is -0.427. The molecule has 0 radical (unpaired) electrons. The second-order valence-electron chi connectivity index (χ2n) is 5.57. The van der Waals surface area contributed by atoms with Crippen LogP contribution < -0.4 is 5.43 Å².